The van der Waals surface area contributed by atoms with E-state index in [-0.39, 0.29) is 11.5 Å². The number of hydrogen-bond acceptors (Lipinski definition) is 38. The van der Waals surface area contributed by atoms with Crippen LogP contribution in [0.3, 0.4) is 0 Å². The summed E-state index contributed by atoms with van der Waals surface area (Å²) in [7, 11) is 0.705. The van der Waals surface area contributed by atoms with Crippen LogP contribution < -0.4 is 43.0 Å². The fraction of sp³-hybridized carbons (Fsp3) is 0.634. The highest BCUT2D eigenvalue weighted by molar-refractivity contribution is 7.90. The van der Waals surface area contributed by atoms with Crippen molar-refractivity contribution in [1.82, 2.24) is 109 Å². The van der Waals surface area contributed by atoms with E-state index in [1.54, 1.807) is 72.8 Å². The van der Waals surface area contributed by atoms with Gasteiger partial charge in [-0.05, 0) is 149 Å². The van der Waals surface area contributed by atoms with Crippen LogP contribution in [-0.2, 0) is 49.4 Å². The Morgan fingerprint density at radius 1 is 0.435 bits per heavy atom. The van der Waals surface area contributed by atoms with Crippen molar-refractivity contribution in [1.29, 1.82) is 0 Å². The fourth-order valence-electron chi connectivity index (χ4n) is 18.5. The second kappa shape index (κ2) is 39.6. The monoisotopic (exact) mass is 1790 g/mol. The number of ether oxygens (including phenoxy) is 4. The number of carbonyl (C=O) groups is 1. The number of nitrogens with two attached hydrogens (primary N) is 1. The van der Waals surface area contributed by atoms with Crippen molar-refractivity contribution in [2.45, 2.75) is 198 Å². The van der Waals surface area contributed by atoms with Gasteiger partial charge >= 0.3 is 0 Å². The molecule has 16 heterocycles. The fourth-order valence-corrected chi connectivity index (χ4v) is 22.2. The van der Waals surface area contributed by atoms with Crippen LogP contribution in [0.25, 0.3) is 41.4 Å². The van der Waals surface area contributed by atoms with Gasteiger partial charge in [-0.3, -0.25) is 33.5 Å². The van der Waals surface area contributed by atoms with Crippen LogP contribution in [0.5, 0.6) is 0 Å². The lowest BCUT2D eigenvalue weighted by atomic mass is 9.76. The van der Waals surface area contributed by atoms with Gasteiger partial charge < -0.3 is 66.8 Å². The van der Waals surface area contributed by atoms with Gasteiger partial charge in [0.25, 0.3) is 0 Å². The smallest absolute Gasteiger partial charge is 0.230 e. The van der Waals surface area contributed by atoms with Crippen LogP contribution in [0.2, 0.25) is 0 Å². The molecule has 0 aromatic carbocycles. The average molecular weight is 1790 g/mol. The van der Waals surface area contributed by atoms with E-state index in [1.165, 1.54) is 89.0 Å². The highest BCUT2D eigenvalue weighted by atomic mass is 32.2. The number of likely N-dealkylation sites (tertiary alicyclic amines) is 1. The first kappa shape index (κ1) is 87.3. The number of fused-ring (bicyclic) bond motifs is 4. The number of nitrogens with zero attached hydrogens (tertiary/aromatic N) is 22. The number of aromatic nitrogens is 18. The van der Waals surface area contributed by atoms with Gasteiger partial charge in [0.1, 0.15) is 31.9 Å². The quantitative estimate of drug-likeness (QED) is 0.0292. The molecule has 9 N–H and O–H groups in total. The molecule has 42 heteroatoms. The molecule has 666 valence electrons. The Morgan fingerprint density at radius 3 is 1.12 bits per heavy atom. The maximum atomic E-state index is 11.9. The number of carbonyl (C=O) groups excluding carboxylic acids is 1. The summed E-state index contributed by atoms with van der Waals surface area (Å²) in [5.74, 6) is 4.86. The first-order chi connectivity index (χ1) is 60.1. The van der Waals surface area contributed by atoms with E-state index in [0.717, 1.165) is 237 Å². The van der Waals surface area contributed by atoms with E-state index in [4.69, 9.17) is 49.6 Å². The molecule has 5 aliphatic heterocycles. The standard InChI is InChI=1S/C23H32N8OS.C22H32N8O3S2.C21H28N8O2S.C16H24N6OS/c1-15-25-19-20(28-22(29-21(19)33-15)27-17-11-24-30(2)12-17)26-16-3-5-18(6-4-16)31-9-7-23(8-10-31)13-32-14-23;1-15-24-19-20(25-16-3-5-18(6-4-16)29-7-10-33-11-8-29)27-22(28-21(19)34-15)26-17-13-23-30(14-17)9-12-35(2,31)32;1-13(30)19-25-17-18(23-14-3-5-16(6-4-14)29-7-9-31-10-8-29)26-21(27-20(17)32-19)24-15-11-22-28(2)12-15;1-10-18-13-14(20-16(17)21-15(13)24-10)19-11-2-4-12(5-3-11)22-6-8-23-9-7-22/h11-12,16,18H,3-10,13-14H2,1-2H3,(H2,26,27,28,29);13-14,16,18H,3-12H2,1-2H3,(H2,25,26,27,28);11-12,14,16H,3-10H2,1-2H3,(H2,23,24,26,27);11-12H,2-9H2,1H3,(H3,17,19,20,21). The van der Waals surface area contributed by atoms with Crippen molar-refractivity contribution in [3.63, 3.8) is 0 Å². The Kier molecular flexibility index (Phi) is 27.9. The zero-order valence-electron chi connectivity index (χ0n) is 71.9. The topological polar surface area (TPSA) is 419 Å². The molecule has 0 bridgehead atoms. The van der Waals surface area contributed by atoms with Crippen molar-refractivity contribution in [3.8, 4) is 0 Å². The number of aryl methyl sites for hydroxylation is 6. The minimum Gasteiger partial charge on any atom is -0.380 e. The number of piperidine rings is 1. The van der Waals surface area contributed by atoms with Crippen molar-refractivity contribution >= 4 is 166 Å². The molecule has 0 atom stereocenters. The summed E-state index contributed by atoms with van der Waals surface area (Å²) in [6, 6.07) is 4.21. The van der Waals surface area contributed by atoms with Gasteiger partial charge in [-0.25, -0.2) is 33.3 Å². The van der Waals surface area contributed by atoms with Crippen LogP contribution >= 0.6 is 45.3 Å². The Bertz CT molecular complexity index is 5520. The van der Waals surface area contributed by atoms with Gasteiger partial charge in [-0.1, -0.05) is 45.3 Å². The molecule has 37 nitrogen and oxygen atoms in total. The SMILES string of the molecule is CC(=O)c1nc2c(NC3CCC(N4CCOCC4)CC3)nc(Nc3cnn(C)c3)nc2s1.Cc1nc2c(NC3CCC(N4CCC5(CC4)COC5)CC3)nc(Nc3cnn(C)c3)nc2s1.Cc1nc2c(NC3CCC(N4CCOCC4)CC3)nc(N)nc2s1.Cc1nc2c(NC3CCC(N4CCOCC4)CC3)nc(Nc3cnn(CCS(C)(=O)=O)c3)nc2s1. The Morgan fingerprint density at radius 2 is 0.774 bits per heavy atom. The Labute approximate surface area is 737 Å². The summed E-state index contributed by atoms with van der Waals surface area (Å²) in [6.07, 6.45) is 33.0. The third kappa shape index (κ3) is 22.4. The van der Waals surface area contributed by atoms with Gasteiger partial charge in [0.2, 0.25) is 23.8 Å². The van der Waals surface area contributed by atoms with Gasteiger partial charge in [-0.15, -0.1) is 0 Å². The van der Waals surface area contributed by atoms with Crippen LogP contribution in [0.15, 0.2) is 37.2 Å². The normalized spacial score (nSPS) is 23.6. The Balaban J connectivity index is 0.000000118. The number of anilines is 11. The number of nitrogens with one attached hydrogen (secondary N) is 7. The molecule has 20 rings (SSSR count). The minimum absolute atomic E-state index is 0.0403. The summed E-state index contributed by atoms with van der Waals surface area (Å²) in [5.41, 5.74) is 11.9. The van der Waals surface area contributed by atoms with Crippen molar-refractivity contribution in [3.05, 3.63) is 57.2 Å². The molecule has 9 aliphatic rings. The molecule has 0 unspecified atom stereocenters. The maximum Gasteiger partial charge on any atom is 0.230 e. The minimum atomic E-state index is -3.05. The van der Waals surface area contributed by atoms with Gasteiger partial charge in [0.15, 0.2) is 53.4 Å². The summed E-state index contributed by atoms with van der Waals surface area (Å²) in [5, 5.41) is 40.3. The number of hydrogen-bond donors (Lipinski definition) is 8. The zero-order chi connectivity index (χ0) is 85.4. The number of Topliss-reactive ketones (excluding diaryl/α,β-unsaturated/α-hetero) is 1. The molecular weight excluding hydrogens is 1680 g/mol. The summed E-state index contributed by atoms with van der Waals surface area (Å²) >= 11 is 6.01. The Hall–Kier alpha value is -8.79. The third-order valence-corrected chi connectivity index (χ3v) is 29.8. The van der Waals surface area contributed by atoms with Crippen LogP contribution in [0.4, 0.5) is 64.1 Å². The molecule has 11 aromatic heterocycles. The van der Waals surface area contributed by atoms with Gasteiger partial charge in [-0.2, -0.15) is 50.2 Å². The number of rotatable bonds is 22. The number of sulfone groups is 1. The number of morpholine rings is 3. The highest BCUT2D eigenvalue weighted by Crippen LogP contribution is 2.42. The predicted octanol–water partition coefficient (Wildman–Crippen LogP) is 11.0. The predicted molar refractivity (Wildman–Crippen MR) is 488 cm³/mol. The molecule has 1 spiro atoms. The number of thiazole rings is 4. The van der Waals surface area contributed by atoms with Crippen molar-refractivity contribution in [2.24, 2.45) is 19.5 Å². The molecule has 4 saturated carbocycles. The summed E-state index contributed by atoms with van der Waals surface area (Å²) < 4.78 is 49.9. The van der Waals surface area contributed by atoms with Crippen LogP contribution in [0, 0.1) is 26.2 Å². The molecule has 5 saturated heterocycles. The van der Waals surface area contributed by atoms with Crippen molar-refractivity contribution < 1.29 is 32.2 Å². The third-order valence-electron chi connectivity index (χ3n) is 25.2. The molecular formula is C82H116N30O7S5. The second-order valence-corrected chi connectivity index (χ2v) is 41.2. The first-order valence-corrected chi connectivity index (χ1v) is 49.2. The van der Waals surface area contributed by atoms with Gasteiger partial charge in [0.05, 0.1) is 116 Å². The second-order valence-electron chi connectivity index (χ2n) is 34.4. The molecule has 9 fully saturated rings. The van der Waals surface area contributed by atoms with E-state index in [2.05, 4.69) is 107 Å². The van der Waals surface area contributed by atoms with E-state index in [0.29, 0.717) is 105 Å². The van der Waals surface area contributed by atoms with Crippen molar-refractivity contribution in [2.75, 3.05) is 160 Å². The molecule has 0 radical (unpaired) electrons. The number of nitrogen functional groups attached to an aromatic ring is 1. The zero-order valence-corrected chi connectivity index (χ0v) is 75.9. The molecule has 4 aliphatic carbocycles. The summed E-state index contributed by atoms with van der Waals surface area (Å²) in [4.78, 5) is 81.1. The average Bonchev–Trinajstić information content (AvgIpc) is 1.62. The summed E-state index contributed by atoms with van der Waals surface area (Å²) in [6.45, 7) is 23.6. The van der Waals surface area contributed by atoms with Crippen LogP contribution in [0.1, 0.15) is 147 Å². The molecule has 11 aromatic rings. The van der Waals surface area contributed by atoms with E-state index in [9.17, 15) is 13.2 Å². The van der Waals surface area contributed by atoms with E-state index < -0.39 is 9.84 Å². The van der Waals surface area contributed by atoms with E-state index >= 15 is 0 Å². The number of ketones is 1. The van der Waals surface area contributed by atoms with E-state index in [1.807, 2.05) is 47.3 Å². The first-order valence-electron chi connectivity index (χ1n) is 43.8. The lowest BCUT2D eigenvalue weighted by Crippen LogP contribution is -2.53. The lowest BCUT2D eigenvalue weighted by Gasteiger charge is -2.49. The highest BCUT2D eigenvalue weighted by Gasteiger charge is 2.43. The molecule has 0 amide bonds. The van der Waals surface area contributed by atoms with Crippen LogP contribution in [-0.4, -0.2) is 289 Å². The largest absolute Gasteiger partial charge is 0.380 e. The molecule has 124 heavy (non-hydrogen) atoms. The lowest BCUT2D eigenvalue weighted by molar-refractivity contribution is -0.143. The van der Waals surface area contributed by atoms with Gasteiger partial charge in [0, 0.05) is 139 Å². The maximum absolute atomic E-state index is 11.9.